The zero-order chi connectivity index (χ0) is 16.4. The molecule has 1 fully saturated rings. The maximum atomic E-state index is 13.0. The van der Waals surface area contributed by atoms with Gasteiger partial charge in [-0.3, -0.25) is 4.79 Å². The van der Waals surface area contributed by atoms with E-state index in [9.17, 15) is 9.18 Å². The summed E-state index contributed by atoms with van der Waals surface area (Å²) in [6, 6.07) is 6.33. The average Bonchev–Trinajstić information content (AvgIpc) is 3.05. The molecule has 4 nitrogen and oxygen atoms in total. The first-order valence-corrected chi connectivity index (χ1v) is 8.69. The number of hydrogen-bond acceptors (Lipinski definition) is 4. The minimum absolute atomic E-state index is 0.0299. The van der Waals surface area contributed by atoms with Gasteiger partial charge < -0.3 is 10.6 Å². The molecule has 1 aliphatic rings. The van der Waals surface area contributed by atoms with Crippen LogP contribution in [0.1, 0.15) is 30.3 Å². The molecule has 0 saturated carbocycles. The fraction of sp³-hybridized carbons (Fsp3) is 0.412. The molecule has 2 heterocycles. The van der Waals surface area contributed by atoms with Gasteiger partial charge >= 0.3 is 0 Å². The van der Waals surface area contributed by atoms with Crippen molar-refractivity contribution in [1.29, 1.82) is 0 Å². The molecular formula is C17H20FN3OS. The third kappa shape index (κ3) is 3.59. The normalized spacial score (nSPS) is 17.3. The Morgan fingerprint density at radius 3 is 2.61 bits per heavy atom. The molecule has 0 aliphatic carbocycles. The molecule has 1 unspecified atom stereocenters. The van der Waals surface area contributed by atoms with Crippen LogP contribution in [-0.4, -0.2) is 34.9 Å². The second kappa shape index (κ2) is 6.76. The lowest BCUT2D eigenvalue weighted by Gasteiger charge is -2.33. The van der Waals surface area contributed by atoms with Crippen LogP contribution < -0.4 is 5.73 Å². The predicted molar refractivity (Wildman–Crippen MR) is 89.8 cm³/mol. The van der Waals surface area contributed by atoms with Gasteiger partial charge in [0.2, 0.25) is 0 Å². The molecule has 2 aromatic rings. The molecule has 1 amide bonds. The quantitative estimate of drug-likeness (QED) is 0.939. The van der Waals surface area contributed by atoms with Crippen molar-refractivity contribution >= 4 is 17.2 Å². The van der Waals surface area contributed by atoms with Crippen LogP contribution in [-0.2, 0) is 0 Å². The van der Waals surface area contributed by atoms with Crippen molar-refractivity contribution in [2.45, 2.75) is 25.8 Å². The summed E-state index contributed by atoms with van der Waals surface area (Å²) in [5, 5.41) is 2.51. The molecule has 1 aromatic heterocycles. The average molecular weight is 333 g/mol. The molecule has 0 spiro atoms. The molecule has 0 radical (unpaired) electrons. The van der Waals surface area contributed by atoms with E-state index in [1.54, 1.807) is 17.5 Å². The largest absolute Gasteiger partial charge is 0.337 e. The van der Waals surface area contributed by atoms with Crippen LogP contribution in [0.25, 0.3) is 10.6 Å². The number of likely N-dealkylation sites (tertiary alicyclic amines) is 1. The van der Waals surface area contributed by atoms with Crippen molar-refractivity contribution in [1.82, 2.24) is 9.88 Å². The van der Waals surface area contributed by atoms with Gasteiger partial charge in [-0.15, -0.1) is 11.3 Å². The second-order valence-electron chi connectivity index (χ2n) is 6.03. The van der Waals surface area contributed by atoms with Gasteiger partial charge in [0.25, 0.3) is 5.91 Å². The molecule has 1 aromatic carbocycles. The van der Waals surface area contributed by atoms with E-state index >= 15 is 0 Å². The lowest BCUT2D eigenvalue weighted by molar-refractivity contribution is 0.0676. The van der Waals surface area contributed by atoms with Crippen molar-refractivity contribution in [3.05, 3.63) is 41.2 Å². The van der Waals surface area contributed by atoms with Crippen molar-refractivity contribution in [2.24, 2.45) is 11.7 Å². The van der Waals surface area contributed by atoms with Crippen molar-refractivity contribution in [2.75, 3.05) is 13.1 Å². The number of carbonyl (C=O) groups is 1. The van der Waals surface area contributed by atoms with E-state index in [-0.39, 0.29) is 17.8 Å². The molecule has 1 aliphatic heterocycles. The van der Waals surface area contributed by atoms with Crippen LogP contribution in [0, 0.1) is 11.7 Å². The number of nitrogens with zero attached hydrogens (tertiary/aromatic N) is 2. The number of halogens is 1. The Bertz CT molecular complexity index is 675. The standard InChI is InChI=1S/C17H20FN3OS/c1-11(19)12-6-8-21(9-7-12)17(22)15-10-23-16(20-15)13-2-4-14(18)5-3-13/h2-5,10-12H,6-9,19H2,1H3. The van der Waals surface area contributed by atoms with Gasteiger partial charge in [0, 0.05) is 30.1 Å². The highest BCUT2D eigenvalue weighted by molar-refractivity contribution is 7.13. The first-order chi connectivity index (χ1) is 11.0. The first kappa shape index (κ1) is 16.1. The van der Waals surface area contributed by atoms with E-state index in [0.29, 0.717) is 11.6 Å². The molecular weight excluding hydrogens is 313 g/mol. The van der Waals surface area contributed by atoms with E-state index in [1.807, 2.05) is 11.8 Å². The van der Waals surface area contributed by atoms with Crippen LogP contribution in [0.15, 0.2) is 29.6 Å². The fourth-order valence-corrected chi connectivity index (χ4v) is 3.69. The number of carbonyl (C=O) groups excluding carboxylic acids is 1. The zero-order valence-electron chi connectivity index (χ0n) is 13.0. The van der Waals surface area contributed by atoms with Crippen LogP contribution in [0.4, 0.5) is 4.39 Å². The number of benzene rings is 1. The zero-order valence-corrected chi connectivity index (χ0v) is 13.9. The Morgan fingerprint density at radius 1 is 1.35 bits per heavy atom. The van der Waals surface area contributed by atoms with Crippen molar-refractivity contribution < 1.29 is 9.18 Å². The van der Waals surface area contributed by atoms with Crippen LogP contribution in [0.3, 0.4) is 0 Å². The smallest absolute Gasteiger partial charge is 0.273 e. The molecule has 1 saturated heterocycles. The highest BCUT2D eigenvalue weighted by Gasteiger charge is 2.26. The minimum Gasteiger partial charge on any atom is -0.337 e. The van der Waals surface area contributed by atoms with Gasteiger partial charge in [-0.25, -0.2) is 9.37 Å². The third-order valence-corrected chi connectivity index (χ3v) is 5.28. The molecule has 23 heavy (non-hydrogen) atoms. The molecule has 1 atom stereocenters. The lowest BCUT2D eigenvalue weighted by atomic mass is 9.91. The van der Waals surface area contributed by atoms with Gasteiger partial charge in [0.1, 0.15) is 16.5 Å². The monoisotopic (exact) mass is 333 g/mol. The highest BCUT2D eigenvalue weighted by Crippen LogP contribution is 2.26. The van der Waals surface area contributed by atoms with Crippen molar-refractivity contribution in [3.63, 3.8) is 0 Å². The maximum absolute atomic E-state index is 13.0. The van der Waals surface area contributed by atoms with Crippen LogP contribution >= 0.6 is 11.3 Å². The van der Waals surface area contributed by atoms with Crippen LogP contribution in [0.5, 0.6) is 0 Å². The topological polar surface area (TPSA) is 59.2 Å². The number of rotatable bonds is 3. The van der Waals surface area contributed by atoms with Gasteiger partial charge in [0.05, 0.1) is 0 Å². The molecule has 0 bridgehead atoms. The van der Waals surface area contributed by atoms with E-state index in [0.717, 1.165) is 36.5 Å². The van der Waals surface area contributed by atoms with Gasteiger partial charge in [0.15, 0.2) is 0 Å². The second-order valence-corrected chi connectivity index (χ2v) is 6.89. The molecule has 122 valence electrons. The number of aromatic nitrogens is 1. The first-order valence-electron chi connectivity index (χ1n) is 7.81. The van der Waals surface area contributed by atoms with E-state index < -0.39 is 0 Å². The summed E-state index contributed by atoms with van der Waals surface area (Å²) in [6.45, 7) is 3.49. The Morgan fingerprint density at radius 2 is 2.00 bits per heavy atom. The lowest BCUT2D eigenvalue weighted by Crippen LogP contribution is -2.42. The van der Waals surface area contributed by atoms with Crippen LogP contribution in [0.2, 0.25) is 0 Å². The summed E-state index contributed by atoms with van der Waals surface area (Å²) >= 11 is 1.41. The van der Waals surface area contributed by atoms with Gasteiger partial charge in [-0.1, -0.05) is 0 Å². The fourth-order valence-electron chi connectivity index (χ4n) is 2.89. The van der Waals surface area contributed by atoms with E-state index in [4.69, 9.17) is 5.73 Å². The Balaban J connectivity index is 1.68. The number of nitrogens with two attached hydrogens (primary N) is 1. The van der Waals surface area contributed by atoms with Crippen molar-refractivity contribution in [3.8, 4) is 10.6 Å². The highest BCUT2D eigenvalue weighted by atomic mass is 32.1. The van der Waals surface area contributed by atoms with E-state index in [2.05, 4.69) is 4.98 Å². The Kier molecular flexibility index (Phi) is 4.73. The molecule has 6 heteroatoms. The summed E-state index contributed by atoms with van der Waals surface area (Å²) < 4.78 is 13.0. The summed E-state index contributed by atoms with van der Waals surface area (Å²) in [5.41, 5.74) is 7.23. The summed E-state index contributed by atoms with van der Waals surface area (Å²) in [6.07, 6.45) is 1.89. The Labute approximate surface area is 139 Å². The maximum Gasteiger partial charge on any atom is 0.273 e. The number of amides is 1. The number of piperidine rings is 1. The summed E-state index contributed by atoms with van der Waals surface area (Å²) in [4.78, 5) is 18.8. The predicted octanol–water partition coefficient (Wildman–Crippen LogP) is 3.15. The third-order valence-electron chi connectivity index (χ3n) is 4.38. The Hall–Kier alpha value is -1.79. The minimum atomic E-state index is -0.279. The van der Waals surface area contributed by atoms with Gasteiger partial charge in [-0.05, 0) is 49.9 Å². The number of thiazole rings is 1. The van der Waals surface area contributed by atoms with E-state index in [1.165, 1.54) is 23.5 Å². The summed E-state index contributed by atoms with van der Waals surface area (Å²) in [5.74, 6) is 0.181. The SMILES string of the molecule is CC(N)C1CCN(C(=O)c2csc(-c3ccc(F)cc3)n2)CC1. The molecule has 3 rings (SSSR count). The molecule has 2 N–H and O–H groups in total. The number of hydrogen-bond donors (Lipinski definition) is 1. The summed E-state index contributed by atoms with van der Waals surface area (Å²) in [7, 11) is 0. The van der Waals surface area contributed by atoms with Gasteiger partial charge in [-0.2, -0.15) is 0 Å².